The number of benzene rings is 6. The third-order valence-corrected chi connectivity index (χ3v) is 10.9. The molecule has 0 atom stereocenters. The van der Waals surface area contributed by atoms with Crippen molar-refractivity contribution in [2.75, 3.05) is 0 Å². The minimum Gasteiger partial charge on any atom is -0.285 e. The fourth-order valence-corrected chi connectivity index (χ4v) is 8.55. The van der Waals surface area contributed by atoms with Gasteiger partial charge in [-0.1, -0.05) is 128 Å². The maximum atomic E-state index is 5.24. The van der Waals surface area contributed by atoms with Gasteiger partial charge in [0.1, 0.15) is 0 Å². The molecule has 6 aromatic carbocycles. The van der Waals surface area contributed by atoms with Crippen molar-refractivity contribution >= 4 is 43.4 Å². The number of para-hydroxylation sites is 2. The van der Waals surface area contributed by atoms with Gasteiger partial charge in [0.05, 0.1) is 21.3 Å². The molecule has 9 aromatic rings. The fraction of sp³-hybridized carbons (Fsp3) is 0.0698. The number of thiazole rings is 1. The minimum absolute atomic E-state index is 0.122. The molecule has 49 heavy (non-hydrogen) atoms. The van der Waals surface area contributed by atoms with E-state index in [2.05, 4.69) is 134 Å². The summed E-state index contributed by atoms with van der Waals surface area (Å²) in [5.41, 5.74) is 11.1. The van der Waals surface area contributed by atoms with Crippen molar-refractivity contribution in [2.24, 2.45) is 0 Å². The fourth-order valence-electron chi connectivity index (χ4n) is 7.56. The van der Waals surface area contributed by atoms with E-state index in [0.29, 0.717) is 17.5 Å². The lowest BCUT2D eigenvalue weighted by molar-refractivity contribution is 0.660. The third kappa shape index (κ3) is 4.24. The van der Waals surface area contributed by atoms with E-state index in [1.165, 1.54) is 27.0 Å². The van der Waals surface area contributed by atoms with E-state index < -0.39 is 0 Å². The molecule has 0 amide bonds. The van der Waals surface area contributed by atoms with Gasteiger partial charge in [0.15, 0.2) is 22.6 Å². The third-order valence-electron chi connectivity index (χ3n) is 9.92. The average Bonchev–Trinajstić information content (AvgIpc) is 3.80. The molecule has 1 aliphatic carbocycles. The molecule has 0 spiro atoms. The molecule has 1 aliphatic rings. The Kier molecular flexibility index (Phi) is 6.02. The second-order valence-electron chi connectivity index (χ2n) is 13.1. The van der Waals surface area contributed by atoms with E-state index in [1.54, 1.807) is 11.3 Å². The van der Waals surface area contributed by atoms with E-state index in [1.807, 2.05) is 24.3 Å². The van der Waals surface area contributed by atoms with E-state index in [9.17, 15) is 0 Å². The highest BCUT2D eigenvalue weighted by Gasteiger charge is 2.37. The SMILES string of the molecule is CC1(C)c2ccccc2-c2c(-c3nc(-c4ccccc4)nc(-c4ccc5c(c4)c4ccccc4n5-c4nc5ccccc5s4)n3)cccc21. The first-order valence-electron chi connectivity index (χ1n) is 16.5. The predicted octanol–water partition coefficient (Wildman–Crippen LogP) is 10.9. The minimum atomic E-state index is -0.122. The molecule has 6 heteroatoms. The summed E-state index contributed by atoms with van der Waals surface area (Å²) in [5, 5.41) is 3.25. The maximum absolute atomic E-state index is 5.24. The van der Waals surface area contributed by atoms with Crippen LogP contribution in [0.4, 0.5) is 0 Å². The van der Waals surface area contributed by atoms with Gasteiger partial charge in [-0.25, -0.2) is 19.9 Å². The average molecular weight is 648 g/mol. The van der Waals surface area contributed by atoms with Crippen LogP contribution in [0.1, 0.15) is 25.0 Å². The summed E-state index contributed by atoms with van der Waals surface area (Å²) in [7, 11) is 0. The van der Waals surface area contributed by atoms with Crippen LogP contribution in [0.2, 0.25) is 0 Å². The van der Waals surface area contributed by atoms with Crippen LogP contribution in [0.3, 0.4) is 0 Å². The molecular formula is C43H29N5S. The van der Waals surface area contributed by atoms with Crippen molar-refractivity contribution in [2.45, 2.75) is 19.3 Å². The summed E-state index contributed by atoms with van der Waals surface area (Å²) in [6.07, 6.45) is 0. The summed E-state index contributed by atoms with van der Waals surface area (Å²) in [4.78, 5) is 20.5. The van der Waals surface area contributed by atoms with Gasteiger partial charge in [-0.05, 0) is 58.7 Å². The molecule has 0 bridgehead atoms. The molecule has 232 valence electrons. The molecule has 3 heterocycles. The maximum Gasteiger partial charge on any atom is 0.195 e. The van der Waals surface area contributed by atoms with Gasteiger partial charge in [-0.15, -0.1) is 0 Å². The van der Waals surface area contributed by atoms with E-state index in [-0.39, 0.29) is 5.41 Å². The monoisotopic (exact) mass is 647 g/mol. The van der Waals surface area contributed by atoms with Gasteiger partial charge in [0.2, 0.25) is 0 Å². The standard InChI is InChI=1S/C43H29N5S/c1-43(2)32-18-8-6-16-29(32)38-30(17-12-19-33(38)43)41-46-39(26-13-4-3-5-14-26)45-40(47-41)27-23-24-36-31(25-27)28-15-7-10-21-35(28)48(36)42-44-34-20-9-11-22-37(34)49-42/h3-25H,1-2H3. The van der Waals surface area contributed by atoms with Crippen LogP contribution >= 0.6 is 11.3 Å². The Morgan fingerprint density at radius 2 is 1.18 bits per heavy atom. The molecule has 0 N–H and O–H groups in total. The summed E-state index contributed by atoms with van der Waals surface area (Å²) in [6.45, 7) is 4.60. The first kappa shape index (κ1) is 28.1. The Balaban J connectivity index is 1.20. The summed E-state index contributed by atoms with van der Waals surface area (Å²) >= 11 is 1.71. The zero-order valence-electron chi connectivity index (χ0n) is 26.9. The molecule has 0 aliphatic heterocycles. The van der Waals surface area contributed by atoms with Gasteiger partial charge in [-0.3, -0.25) is 4.57 Å². The van der Waals surface area contributed by atoms with Crippen molar-refractivity contribution in [3.8, 4) is 50.4 Å². The lowest BCUT2D eigenvalue weighted by Crippen LogP contribution is -2.14. The van der Waals surface area contributed by atoms with Crippen LogP contribution < -0.4 is 0 Å². The van der Waals surface area contributed by atoms with Crippen molar-refractivity contribution in [3.05, 3.63) is 151 Å². The topological polar surface area (TPSA) is 56.5 Å². The molecule has 0 radical (unpaired) electrons. The van der Waals surface area contributed by atoms with Crippen LogP contribution in [-0.4, -0.2) is 24.5 Å². The van der Waals surface area contributed by atoms with Crippen molar-refractivity contribution < 1.29 is 0 Å². The van der Waals surface area contributed by atoms with Crippen LogP contribution in [-0.2, 0) is 5.41 Å². The first-order valence-corrected chi connectivity index (χ1v) is 17.3. The number of fused-ring (bicyclic) bond motifs is 7. The predicted molar refractivity (Wildman–Crippen MR) is 201 cm³/mol. The second kappa shape index (κ2) is 10.5. The zero-order chi connectivity index (χ0) is 32.7. The molecule has 0 unspecified atom stereocenters. The lowest BCUT2D eigenvalue weighted by atomic mass is 9.82. The quantitative estimate of drug-likeness (QED) is 0.191. The van der Waals surface area contributed by atoms with Crippen molar-refractivity contribution in [1.82, 2.24) is 24.5 Å². The van der Waals surface area contributed by atoms with E-state index >= 15 is 0 Å². The van der Waals surface area contributed by atoms with Crippen molar-refractivity contribution in [1.29, 1.82) is 0 Å². The Hall–Kier alpha value is -5.98. The van der Waals surface area contributed by atoms with Crippen LogP contribution in [0, 0.1) is 0 Å². The Morgan fingerprint density at radius 1 is 0.510 bits per heavy atom. The van der Waals surface area contributed by atoms with Gasteiger partial charge in [0, 0.05) is 32.9 Å². The van der Waals surface area contributed by atoms with Crippen LogP contribution in [0.25, 0.3) is 82.4 Å². The number of rotatable bonds is 4. The molecule has 5 nitrogen and oxygen atoms in total. The van der Waals surface area contributed by atoms with E-state index in [0.717, 1.165) is 49.1 Å². The number of aromatic nitrogens is 5. The Morgan fingerprint density at radius 3 is 2.06 bits per heavy atom. The van der Waals surface area contributed by atoms with Crippen LogP contribution in [0.15, 0.2) is 140 Å². The Bertz CT molecular complexity index is 2720. The van der Waals surface area contributed by atoms with Crippen LogP contribution in [0.5, 0.6) is 0 Å². The molecule has 3 aromatic heterocycles. The van der Waals surface area contributed by atoms with Gasteiger partial charge in [-0.2, -0.15) is 0 Å². The molecule has 0 saturated carbocycles. The van der Waals surface area contributed by atoms with Gasteiger partial charge < -0.3 is 0 Å². The molecule has 0 fully saturated rings. The molecular weight excluding hydrogens is 619 g/mol. The summed E-state index contributed by atoms with van der Waals surface area (Å²) < 4.78 is 3.45. The largest absolute Gasteiger partial charge is 0.285 e. The van der Waals surface area contributed by atoms with Gasteiger partial charge in [0.25, 0.3) is 0 Å². The Labute approximate surface area is 287 Å². The molecule has 10 rings (SSSR count). The zero-order valence-corrected chi connectivity index (χ0v) is 27.7. The second-order valence-corrected chi connectivity index (χ2v) is 14.1. The summed E-state index contributed by atoms with van der Waals surface area (Å²) in [5.74, 6) is 1.97. The summed E-state index contributed by atoms with van der Waals surface area (Å²) in [6, 6.07) is 48.8. The first-order chi connectivity index (χ1) is 24.0. The van der Waals surface area contributed by atoms with Gasteiger partial charge >= 0.3 is 0 Å². The molecule has 0 saturated heterocycles. The number of hydrogen-bond donors (Lipinski definition) is 0. The number of hydrogen-bond acceptors (Lipinski definition) is 5. The number of nitrogens with zero attached hydrogens (tertiary/aromatic N) is 5. The normalized spacial score (nSPS) is 13.3. The van der Waals surface area contributed by atoms with Crippen molar-refractivity contribution in [3.63, 3.8) is 0 Å². The highest BCUT2D eigenvalue weighted by atomic mass is 32.1. The highest BCUT2D eigenvalue weighted by molar-refractivity contribution is 7.20. The highest BCUT2D eigenvalue weighted by Crippen LogP contribution is 2.51. The smallest absolute Gasteiger partial charge is 0.195 e. The lowest BCUT2D eigenvalue weighted by Gasteiger charge is -2.21. The van der Waals surface area contributed by atoms with E-state index in [4.69, 9.17) is 19.9 Å².